The predicted molar refractivity (Wildman–Crippen MR) is 131 cm³/mol. The minimum absolute atomic E-state index is 0.204. The predicted octanol–water partition coefficient (Wildman–Crippen LogP) is 4.33. The van der Waals surface area contributed by atoms with Crippen molar-refractivity contribution in [2.24, 2.45) is 0 Å². The van der Waals surface area contributed by atoms with Crippen molar-refractivity contribution in [3.63, 3.8) is 0 Å². The van der Waals surface area contributed by atoms with Gasteiger partial charge in [-0.05, 0) is 41.3 Å². The van der Waals surface area contributed by atoms with E-state index < -0.39 is 17.9 Å². The number of amides is 1. The van der Waals surface area contributed by atoms with E-state index in [-0.39, 0.29) is 10.7 Å². The molecule has 1 atom stereocenters. The first-order valence-electron chi connectivity index (χ1n) is 9.47. The summed E-state index contributed by atoms with van der Waals surface area (Å²) in [6.45, 7) is 0. The molecule has 5 nitrogen and oxygen atoms in total. The third-order valence-corrected chi connectivity index (χ3v) is 6.89. The summed E-state index contributed by atoms with van der Waals surface area (Å²) in [7, 11) is 0. The maximum absolute atomic E-state index is 13.3. The molecule has 0 fully saturated rings. The Morgan fingerprint density at radius 3 is 2.29 bits per heavy atom. The molecule has 2 aromatic carbocycles. The number of carbonyl (C=O) groups excluding carboxylic acids is 2. The highest BCUT2D eigenvalue weighted by molar-refractivity contribution is 8.20. The standard InChI is InChI=1S/C23H21NO4S3/c1-30-13-12-16(22(26)27)24-21(25)18(15-10-6-3-7-11-15)20-19(29)17(23(28)31-20)14-8-4-2-5-9-14/h2-11,16,29H,12-13H2,1H3,(H,24,25)(H,26,27)/b20-18+. The van der Waals surface area contributed by atoms with Crippen LogP contribution in [0.4, 0.5) is 0 Å². The van der Waals surface area contributed by atoms with Gasteiger partial charge in [-0.25, -0.2) is 4.79 Å². The second kappa shape index (κ2) is 10.7. The summed E-state index contributed by atoms with van der Waals surface area (Å²) >= 11 is 7.05. The van der Waals surface area contributed by atoms with Crippen LogP contribution in [0.1, 0.15) is 17.5 Å². The second-order valence-corrected chi connectivity index (χ2v) is 9.11. The van der Waals surface area contributed by atoms with E-state index in [2.05, 4.69) is 17.9 Å². The van der Waals surface area contributed by atoms with Crippen molar-refractivity contribution in [3.05, 3.63) is 81.6 Å². The van der Waals surface area contributed by atoms with E-state index in [0.717, 1.165) is 17.3 Å². The summed E-state index contributed by atoms with van der Waals surface area (Å²) in [5.74, 6) is -1.05. The molecule has 31 heavy (non-hydrogen) atoms. The Kier molecular flexibility index (Phi) is 8.06. The number of nitrogens with one attached hydrogen (secondary N) is 1. The van der Waals surface area contributed by atoms with E-state index in [4.69, 9.17) is 0 Å². The molecule has 2 N–H and O–H groups in total. The molecule has 0 saturated carbocycles. The monoisotopic (exact) mass is 471 g/mol. The average molecular weight is 472 g/mol. The third-order valence-electron chi connectivity index (χ3n) is 4.64. The van der Waals surface area contributed by atoms with Crippen molar-refractivity contribution in [1.29, 1.82) is 0 Å². The van der Waals surface area contributed by atoms with Crippen LogP contribution in [-0.4, -0.2) is 40.1 Å². The molecule has 1 aliphatic rings. The Bertz CT molecular complexity index is 1050. The Balaban J connectivity index is 2.09. The van der Waals surface area contributed by atoms with Crippen LogP contribution in [0.3, 0.4) is 0 Å². The highest BCUT2D eigenvalue weighted by Crippen LogP contribution is 2.47. The smallest absolute Gasteiger partial charge is 0.326 e. The molecule has 3 rings (SSSR count). The van der Waals surface area contributed by atoms with Crippen LogP contribution in [0.15, 0.2) is 70.5 Å². The summed E-state index contributed by atoms with van der Waals surface area (Å²) in [5, 5.41) is 11.9. The maximum atomic E-state index is 13.3. The lowest BCUT2D eigenvalue weighted by atomic mass is 10.0. The van der Waals surface area contributed by atoms with Gasteiger partial charge in [0, 0.05) is 9.81 Å². The zero-order valence-electron chi connectivity index (χ0n) is 16.7. The number of thiol groups is 1. The molecule has 1 amide bonds. The topological polar surface area (TPSA) is 83.5 Å². The number of aliphatic carboxylic acids is 1. The molecule has 0 spiro atoms. The molecular weight excluding hydrogens is 450 g/mol. The van der Waals surface area contributed by atoms with Gasteiger partial charge in [0.1, 0.15) is 6.04 Å². The molecule has 0 saturated heterocycles. The minimum Gasteiger partial charge on any atom is -0.480 e. The Morgan fingerprint density at radius 2 is 1.71 bits per heavy atom. The highest BCUT2D eigenvalue weighted by atomic mass is 32.2. The van der Waals surface area contributed by atoms with E-state index in [1.54, 1.807) is 24.3 Å². The summed E-state index contributed by atoms with van der Waals surface area (Å²) < 4.78 is 0. The van der Waals surface area contributed by atoms with Crippen LogP contribution in [0.25, 0.3) is 11.1 Å². The van der Waals surface area contributed by atoms with Gasteiger partial charge in [-0.1, -0.05) is 60.7 Å². The van der Waals surface area contributed by atoms with Gasteiger partial charge in [0.15, 0.2) is 0 Å². The molecule has 0 aromatic heterocycles. The van der Waals surface area contributed by atoms with Gasteiger partial charge >= 0.3 is 5.97 Å². The number of carboxylic acid groups (broad SMARTS) is 1. The second-order valence-electron chi connectivity index (χ2n) is 6.70. The quantitative estimate of drug-likeness (QED) is 0.393. The van der Waals surface area contributed by atoms with Gasteiger partial charge < -0.3 is 10.4 Å². The van der Waals surface area contributed by atoms with Crippen molar-refractivity contribution >= 4 is 64.3 Å². The fourth-order valence-electron chi connectivity index (χ4n) is 3.12. The third kappa shape index (κ3) is 5.44. The fourth-order valence-corrected chi connectivity index (χ4v) is 5.17. The molecular formula is C23H21NO4S3. The number of rotatable bonds is 8. The lowest BCUT2D eigenvalue weighted by Crippen LogP contribution is -2.41. The SMILES string of the molecule is CSCCC(NC(=O)/C(=C1/SC(=O)C(c2ccccc2)=C1S)c1ccccc1)C(=O)O. The average Bonchev–Trinajstić information content (AvgIpc) is 3.06. The Hall–Kier alpha value is -2.42. The van der Waals surface area contributed by atoms with Crippen LogP contribution >= 0.6 is 36.2 Å². The molecule has 0 radical (unpaired) electrons. The van der Waals surface area contributed by atoms with E-state index >= 15 is 0 Å². The molecule has 8 heteroatoms. The van der Waals surface area contributed by atoms with Crippen molar-refractivity contribution in [3.8, 4) is 0 Å². The summed E-state index contributed by atoms with van der Waals surface area (Å²) in [5.41, 5.74) is 1.98. The molecule has 0 aliphatic carbocycles. The first-order valence-corrected chi connectivity index (χ1v) is 12.1. The van der Waals surface area contributed by atoms with Gasteiger partial charge in [-0.2, -0.15) is 11.8 Å². The Morgan fingerprint density at radius 1 is 1.10 bits per heavy atom. The van der Waals surface area contributed by atoms with Crippen LogP contribution in [0, 0.1) is 0 Å². The Labute approximate surface area is 194 Å². The van der Waals surface area contributed by atoms with Gasteiger partial charge in [-0.3, -0.25) is 9.59 Å². The van der Waals surface area contributed by atoms with Crippen molar-refractivity contribution in [2.75, 3.05) is 12.0 Å². The lowest BCUT2D eigenvalue weighted by Gasteiger charge is -2.17. The molecule has 1 unspecified atom stereocenters. The minimum atomic E-state index is -1.10. The van der Waals surface area contributed by atoms with Crippen LogP contribution in [0.5, 0.6) is 0 Å². The molecule has 1 aliphatic heterocycles. The van der Waals surface area contributed by atoms with E-state index in [1.165, 1.54) is 11.8 Å². The van der Waals surface area contributed by atoms with E-state index in [0.29, 0.717) is 33.1 Å². The summed E-state index contributed by atoms with van der Waals surface area (Å²) in [6, 6.07) is 17.0. The molecule has 1 heterocycles. The van der Waals surface area contributed by atoms with Gasteiger partial charge in [0.25, 0.3) is 5.91 Å². The first kappa shape index (κ1) is 23.2. The number of hydrogen-bond donors (Lipinski definition) is 3. The zero-order chi connectivity index (χ0) is 22.4. The molecule has 2 aromatic rings. The summed E-state index contributed by atoms with van der Waals surface area (Å²) in [6.07, 6.45) is 2.17. The molecule has 0 bridgehead atoms. The highest BCUT2D eigenvalue weighted by Gasteiger charge is 2.33. The number of thioether (sulfide) groups is 2. The van der Waals surface area contributed by atoms with Gasteiger partial charge in [-0.15, -0.1) is 12.6 Å². The summed E-state index contributed by atoms with van der Waals surface area (Å²) in [4.78, 5) is 38.6. The zero-order valence-corrected chi connectivity index (χ0v) is 19.2. The van der Waals surface area contributed by atoms with Crippen molar-refractivity contribution in [2.45, 2.75) is 12.5 Å². The molecule has 160 valence electrons. The largest absolute Gasteiger partial charge is 0.480 e. The van der Waals surface area contributed by atoms with Gasteiger partial charge in [0.2, 0.25) is 5.12 Å². The van der Waals surface area contributed by atoms with E-state index in [9.17, 15) is 19.5 Å². The number of carboxylic acids is 1. The van der Waals surface area contributed by atoms with Crippen molar-refractivity contribution in [1.82, 2.24) is 5.32 Å². The van der Waals surface area contributed by atoms with E-state index in [1.807, 2.05) is 42.7 Å². The van der Waals surface area contributed by atoms with Crippen molar-refractivity contribution < 1.29 is 19.5 Å². The maximum Gasteiger partial charge on any atom is 0.326 e. The number of carbonyl (C=O) groups is 3. The number of hydrogen-bond acceptors (Lipinski definition) is 6. The fraction of sp³-hybridized carbons (Fsp3) is 0.174. The van der Waals surface area contributed by atoms with Crippen LogP contribution in [-0.2, 0) is 14.4 Å². The van der Waals surface area contributed by atoms with Gasteiger partial charge in [0.05, 0.1) is 11.1 Å². The lowest BCUT2D eigenvalue weighted by molar-refractivity contribution is -0.141. The van der Waals surface area contributed by atoms with Crippen LogP contribution in [0.2, 0.25) is 0 Å². The first-order chi connectivity index (χ1) is 14.9. The van der Waals surface area contributed by atoms with Crippen LogP contribution < -0.4 is 5.32 Å². The number of benzene rings is 2. The normalized spacial score (nSPS) is 16.3.